The Kier molecular flexibility index (Phi) is 2.27. The third-order valence-corrected chi connectivity index (χ3v) is 1.78. The molecule has 1 aromatic rings. The second-order valence-electron chi connectivity index (χ2n) is 2.10. The molecule has 0 amide bonds. The van der Waals surface area contributed by atoms with Gasteiger partial charge >= 0.3 is 0 Å². The average molecular weight is 201 g/mol. The van der Waals surface area contributed by atoms with Crippen molar-refractivity contribution in [3.05, 3.63) is 22.4 Å². The third kappa shape index (κ3) is 1.29. The van der Waals surface area contributed by atoms with Crippen LogP contribution in [0.5, 0.6) is 0 Å². The van der Waals surface area contributed by atoms with Crippen LogP contribution in [0.15, 0.2) is 11.2 Å². The summed E-state index contributed by atoms with van der Waals surface area (Å²) < 4.78 is 1.85. The van der Waals surface area contributed by atoms with Crippen molar-refractivity contribution in [2.45, 2.75) is 6.92 Å². The summed E-state index contributed by atoms with van der Waals surface area (Å²) in [6.45, 7) is 2.04. The number of nitrogens with zero attached hydrogens (tertiary/aromatic N) is 2. The first-order valence-electron chi connectivity index (χ1n) is 3.01. The number of hydrogen-bond donors (Lipinski definition) is 0. The van der Waals surface area contributed by atoms with Crippen LogP contribution in [0.2, 0.25) is 0 Å². The zero-order chi connectivity index (χ0) is 7.56. The highest BCUT2D eigenvalue weighted by Crippen LogP contribution is 2.08. The summed E-state index contributed by atoms with van der Waals surface area (Å²) >= 11 is 3.21. The van der Waals surface area contributed by atoms with Crippen molar-refractivity contribution in [2.75, 3.05) is 0 Å². The van der Waals surface area contributed by atoms with E-state index in [9.17, 15) is 0 Å². The Hall–Kier alpha value is -0.570. The van der Waals surface area contributed by atoms with E-state index in [2.05, 4.69) is 21.0 Å². The predicted molar refractivity (Wildman–Crippen MR) is 45.9 cm³/mol. The molecule has 1 heterocycles. The average Bonchev–Trinajstić information content (AvgIpc) is 2.20. The summed E-state index contributed by atoms with van der Waals surface area (Å²) in [5.41, 5.74) is 2.33. The second-order valence-corrected chi connectivity index (χ2v) is 2.63. The molecule has 0 unspecified atom stereocenters. The van der Waals surface area contributed by atoms with Crippen molar-refractivity contribution in [3.63, 3.8) is 0 Å². The van der Waals surface area contributed by atoms with Crippen molar-refractivity contribution in [1.82, 2.24) is 9.78 Å². The van der Waals surface area contributed by atoms with E-state index >= 15 is 0 Å². The van der Waals surface area contributed by atoms with E-state index in [1.807, 2.05) is 35.9 Å². The molecule has 0 radical (unpaired) electrons. The van der Waals surface area contributed by atoms with E-state index in [1.54, 1.807) is 0 Å². The van der Waals surface area contributed by atoms with Gasteiger partial charge in [-0.05, 0) is 18.0 Å². The van der Waals surface area contributed by atoms with E-state index in [-0.39, 0.29) is 0 Å². The standard InChI is InChI=1S/C7H9BrN2/c1-6-7(3-4-8)5-9-10(6)2/h3-5H,1-2H3/b4-3+. The van der Waals surface area contributed by atoms with Gasteiger partial charge < -0.3 is 0 Å². The summed E-state index contributed by atoms with van der Waals surface area (Å²) in [5.74, 6) is 0. The topological polar surface area (TPSA) is 17.8 Å². The molecule has 0 fully saturated rings. The van der Waals surface area contributed by atoms with Gasteiger partial charge in [0.05, 0.1) is 6.20 Å². The van der Waals surface area contributed by atoms with Gasteiger partial charge in [-0.25, -0.2) is 0 Å². The molecule has 0 aliphatic rings. The molecule has 0 N–H and O–H groups in total. The van der Waals surface area contributed by atoms with Crippen LogP contribution in [0.1, 0.15) is 11.3 Å². The van der Waals surface area contributed by atoms with Crippen LogP contribution in [0.3, 0.4) is 0 Å². The normalized spacial score (nSPS) is 11.1. The minimum absolute atomic E-state index is 1.15. The summed E-state index contributed by atoms with van der Waals surface area (Å²) in [6.07, 6.45) is 3.81. The van der Waals surface area contributed by atoms with Gasteiger partial charge in [-0.2, -0.15) is 5.10 Å². The molecule has 0 bridgehead atoms. The molecule has 1 aromatic heterocycles. The van der Waals surface area contributed by atoms with Crippen LogP contribution in [-0.2, 0) is 7.05 Å². The molecule has 54 valence electrons. The Morgan fingerprint density at radius 3 is 2.80 bits per heavy atom. The highest BCUT2D eigenvalue weighted by molar-refractivity contribution is 9.11. The fourth-order valence-corrected chi connectivity index (χ4v) is 1.03. The van der Waals surface area contributed by atoms with E-state index in [0.29, 0.717) is 0 Å². The lowest BCUT2D eigenvalue weighted by atomic mass is 10.3. The minimum atomic E-state index is 1.15. The molecular formula is C7H9BrN2. The smallest absolute Gasteiger partial charge is 0.0565 e. The Morgan fingerprint density at radius 2 is 2.40 bits per heavy atom. The van der Waals surface area contributed by atoms with Gasteiger partial charge in [0.1, 0.15) is 0 Å². The molecule has 1 rings (SSSR count). The first-order chi connectivity index (χ1) is 4.75. The summed E-state index contributed by atoms with van der Waals surface area (Å²) in [5, 5.41) is 4.08. The maximum absolute atomic E-state index is 4.08. The first kappa shape index (κ1) is 7.54. The molecule has 0 aliphatic carbocycles. The van der Waals surface area contributed by atoms with E-state index in [0.717, 1.165) is 5.56 Å². The molecule has 0 aromatic carbocycles. The Morgan fingerprint density at radius 1 is 1.70 bits per heavy atom. The monoisotopic (exact) mass is 200 g/mol. The number of rotatable bonds is 1. The zero-order valence-electron chi connectivity index (χ0n) is 6.00. The molecule has 3 heteroatoms. The molecular weight excluding hydrogens is 192 g/mol. The van der Waals surface area contributed by atoms with Crippen LogP contribution >= 0.6 is 15.9 Å². The summed E-state index contributed by atoms with van der Waals surface area (Å²) in [6, 6.07) is 0. The lowest BCUT2D eigenvalue weighted by Crippen LogP contribution is -1.91. The van der Waals surface area contributed by atoms with Gasteiger partial charge in [0.15, 0.2) is 0 Å². The van der Waals surface area contributed by atoms with Gasteiger partial charge in [-0.3, -0.25) is 4.68 Å². The molecule has 0 saturated carbocycles. The Balaban J connectivity index is 3.05. The highest BCUT2D eigenvalue weighted by Gasteiger charge is 1.97. The molecule has 2 nitrogen and oxygen atoms in total. The minimum Gasteiger partial charge on any atom is -0.272 e. The third-order valence-electron chi connectivity index (χ3n) is 1.52. The van der Waals surface area contributed by atoms with Gasteiger partial charge in [-0.15, -0.1) is 0 Å². The van der Waals surface area contributed by atoms with Crippen molar-refractivity contribution >= 4 is 22.0 Å². The number of halogens is 1. The van der Waals surface area contributed by atoms with Crippen LogP contribution < -0.4 is 0 Å². The van der Waals surface area contributed by atoms with E-state index in [4.69, 9.17) is 0 Å². The fraction of sp³-hybridized carbons (Fsp3) is 0.286. The zero-order valence-corrected chi connectivity index (χ0v) is 7.59. The molecule has 10 heavy (non-hydrogen) atoms. The summed E-state index contributed by atoms with van der Waals surface area (Å²) in [7, 11) is 1.93. The molecule has 0 saturated heterocycles. The molecule has 0 spiro atoms. The maximum Gasteiger partial charge on any atom is 0.0565 e. The highest BCUT2D eigenvalue weighted by atomic mass is 79.9. The van der Waals surface area contributed by atoms with Crippen molar-refractivity contribution in [2.24, 2.45) is 7.05 Å². The number of aromatic nitrogens is 2. The van der Waals surface area contributed by atoms with Crippen LogP contribution in [0.25, 0.3) is 6.08 Å². The van der Waals surface area contributed by atoms with Gasteiger partial charge in [0.2, 0.25) is 0 Å². The fourth-order valence-electron chi connectivity index (χ4n) is 0.747. The SMILES string of the molecule is Cc1c(/C=C/Br)cnn1C. The van der Waals surface area contributed by atoms with Crippen molar-refractivity contribution in [1.29, 1.82) is 0 Å². The van der Waals surface area contributed by atoms with Crippen LogP contribution in [-0.4, -0.2) is 9.78 Å². The van der Waals surface area contributed by atoms with E-state index in [1.165, 1.54) is 5.69 Å². The van der Waals surface area contributed by atoms with Crippen molar-refractivity contribution in [3.8, 4) is 0 Å². The summed E-state index contributed by atoms with van der Waals surface area (Å²) in [4.78, 5) is 1.83. The Labute approximate surface area is 68.7 Å². The number of hydrogen-bond acceptors (Lipinski definition) is 1. The lowest BCUT2D eigenvalue weighted by molar-refractivity contribution is 0.740. The molecule has 0 atom stereocenters. The van der Waals surface area contributed by atoms with Crippen LogP contribution in [0.4, 0.5) is 0 Å². The van der Waals surface area contributed by atoms with E-state index < -0.39 is 0 Å². The maximum atomic E-state index is 4.08. The second kappa shape index (κ2) is 3.01. The predicted octanol–water partition coefficient (Wildman–Crippen LogP) is 2.09. The van der Waals surface area contributed by atoms with Gasteiger partial charge in [0.25, 0.3) is 0 Å². The Bertz CT molecular complexity index is 250. The first-order valence-corrected chi connectivity index (χ1v) is 3.92. The van der Waals surface area contributed by atoms with Gasteiger partial charge in [-0.1, -0.05) is 15.9 Å². The molecule has 0 aliphatic heterocycles. The quantitative estimate of drug-likeness (QED) is 0.680. The largest absolute Gasteiger partial charge is 0.272 e. The van der Waals surface area contributed by atoms with Crippen molar-refractivity contribution < 1.29 is 0 Å². The lowest BCUT2D eigenvalue weighted by Gasteiger charge is -1.92. The number of aryl methyl sites for hydroxylation is 1. The van der Waals surface area contributed by atoms with Crippen LogP contribution in [0, 0.1) is 6.92 Å². The van der Waals surface area contributed by atoms with Gasteiger partial charge in [0, 0.05) is 18.3 Å².